The molecule has 108 valence electrons. The molecule has 0 unspecified atom stereocenters. The lowest BCUT2D eigenvalue weighted by Crippen LogP contribution is -2.19. The van der Waals surface area contributed by atoms with Crippen molar-refractivity contribution in [2.45, 2.75) is 51.3 Å². The number of rotatable bonds is 8. The van der Waals surface area contributed by atoms with E-state index in [0.717, 1.165) is 36.9 Å². The van der Waals surface area contributed by atoms with Gasteiger partial charge in [0.15, 0.2) is 0 Å². The predicted molar refractivity (Wildman–Crippen MR) is 80.5 cm³/mol. The normalized spacial score (nSPS) is 11.8. The van der Waals surface area contributed by atoms with Crippen molar-refractivity contribution in [3.05, 3.63) is 29.8 Å². The van der Waals surface area contributed by atoms with Gasteiger partial charge >= 0.3 is 0 Å². The van der Waals surface area contributed by atoms with Crippen LogP contribution in [0.25, 0.3) is 0 Å². The van der Waals surface area contributed by atoms with Crippen LogP contribution in [0.1, 0.15) is 45.1 Å². The van der Waals surface area contributed by atoms with Gasteiger partial charge in [0.05, 0.1) is 5.75 Å². The molecule has 0 aliphatic rings. The van der Waals surface area contributed by atoms with Crippen LogP contribution in [-0.2, 0) is 15.8 Å². The Hall–Kier alpha value is -1.07. The van der Waals surface area contributed by atoms with E-state index in [1.54, 1.807) is 0 Å². The van der Waals surface area contributed by atoms with Crippen LogP contribution in [0.3, 0.4) is 0 Å². The number of nitrogens with two attached hydrogens (primary N) is 1. The molecule has 0 radical (unpaired) electrons. The first-order valence-electron chi connectivity index (χ1n) is 6.80. The van der Waals surface area contributed by atoms with E-state index in [9.17, 15) is 8.42 Å². The number of anilines is 1. The van der Waals surface area contributed by atoms with Crippen molar-refractivity contribution in [2.24, 2.45) is 5.14 Å². The Morgan fingerprint density at radius 2 is 1.63 bits per heavy atom. The van der Waals surface area contributed by atoms with Gasteiger partial charge in [-0.25, -0.2) is 13.6 Å². The fourth-order valence-corrected chi connectivity index (χ4v) is 2.81. The van der Waals surface area contributed by atoms with Crippen LogP contribution >= 0.6 is 0 Å². The maximum absolute atomic E-state index is 11.0. The molecule has 0 amide bonds. The molecule has 1 aromatic carbocycles. The number of primary sulfonamides is 1. The highest BCUT2D eigenvalue weighted by molar-refractivity contribution is 7.88. The van der Waals surface area contributed by atoms with Crippen LogP contribution in [0.4, 0.5) is 5.69 Å². The molecule has 3 N–H and O–H groups in total. The topological polar surface area (TPSA) is 72.2 Å². The number of hydrogen-bond acceptors (Lipinski definition) is 3. The standard InChI is InChI=1S/C14H24N2O2S/c1-3-5-13(6-4-2)16-14-9-7-12(8-10-14)11-19(15,17)18/h7-10,13,16H,3-6,11H2,1-2H3,(H2,15,17,18). The summed E-state index contributed by atoms with van der Waals surface area (Å²) in [6, 6.07) is 7.93. The lowest BCUT2D eigenvalue weighted by molar-refractivity contribution is 0.586. The minimum absolute atomic E-state index is 0.110. The van der Waals surface area contributed by atoms with Gasteiger partial charge in [-0.2, -0.15) is 0 Å². The summed E-state index contributed by atoms with van der Waals surface area (Å²) in [5.74, 6) is -0.110. The van der Waals surface area contributed by atoms with E-state index in [-0.39, 0.29) is 5.75 Å². The van der Waals surface area contributed by atoms with Crippen molar-refractivity contribution in [1.82, 2.24) is 0 Å². The van der Waals surface area contributed by atoms with Gasteiger partial charge < -0.3 is 5.32 Å². The average molecular weight is 284 g/mol. The summed E-state index contributed by atoms with van der Waals surface area (Å²) in [4.78, 5) is 0. The quantitative estimate of drug-likeness (QED) is 0.771. The molecule has 0 spiro atoms. The highest BCUT2D eigenvalue weighted by atomic mass is 32.2. The third-order valence-electron chi connectivity index (χ3n) is 2.97. The van der Waals surface area contributed by atoms with Gasteiger partial charge in [-0.15, -0.1) is 0 Å². The smallest absolute Gasteiger partial charge is 0.213 e. The first kappa shape index (κ1) is 16.0. The summed E-state index contributed by atoms with van der Waals surface area (Å²) in [6.07, 6.45) is 4.60. The Kier molecular flexibility index (Phi) is 6.31. The molecule has 0 saturated carbocycles. The zero-order chi connectivity index (χ0) is 14.3. The highest BCUT2D eigenvalue weighted by Gasteiger charge is 2.07. The minimum Gasteiger partial charge on any atom is -0.382 e. The molecule has 0 saturated heterocycles. The Balaban J connectivity index is 2.64. The van der Waals surface area contributed by atoms with Crippen LogP contribution in [0.5, 0.6) is 0 Å². The Morgan fingerprint density at radius 3 is 2.05 bits per heavy atom. The monoisotopic (exact) mass is 284 g/mol. The molecular weight excluding hydrogens is 260 g/mol. The van der Waals surface area contributed by atoms with Crippen molar-refractivity contribution in [3.8, 4) is 0 Å². The summed E-state index contributed by atoms with van der Waals surface area (Å²) < 4.78 is 22.0. The molecule has 0 aromatic heterocycles. The lowest BCUT2D eigenvalue weighted by atomic mass is 10.1. The maximum Gasteiger partial charge on any atom is 0.213 e. The van der Waals surface area contributed by atoms with Crippen LogP contribution in [0.2, 0.25) is 0 Å². The van der Waals surface area contributed by atoms with Gasteiger partial charge in [0.25, 0.3) is 0 Å². The first-order chi connectivity index (χ1) is 8.94. The van der Waals surface area contributed by atoms with E-state index in [0.29, 0.717) is 6.04 Å². The maximum atomic E-state index is 11.0. The molecule has 0 heterocycles. The summed E-state index contributed by atoms with van der Waals surface area (Å²) in [7, 11) is -3.45. The van der Waals surface area contributed by atoms with Gasteiger partial charge in [0.2, 0.25) is 10.0 Å². The van der Waals surface area contributed by atoms with Crippen molar-refractivity contribution < 1.29 is 8.42 Å². The number of nitrogens with one attached hydrogen (secondary N) is 1. The second kappa shape index (κ2) is 7.50. The summed E-state index contributed by atoms with van der Waals surface area (Å²) >= 11 is 0. The second-order valence-electron chi connectivity index (χ2n) is 4.92. The van der Waals surface area contributed by atoms with E-state index >= 15 is 0 Å². The first-order valence-corrected chi connectivity index (χ1v) is 8.52. The van der Waals surface area contributed by atoms with Gasteiger partial charge in [0, 0.05) is 11.7 Å². The molecule has 19 heavy (non-hydrogen) atoms. The van der Waals surface area contributed by atoms with Crippen LogP contribution in [0, 0.1) is 0 Å². The molecule has 0 aliphatic heterocycles. The largest absolute Gasteiger partial charge is 0.382 e. The predicted octanol–water partition coefficient (Wildman–Crippen LogP) is 2.86. The molecule has 0 aliphatic carbocycles. The molecule has 5 heteroatoms. The fraction of sp³-hybridized carbons (Fsp3) is 0.571. The van der Waals surface area contributed by atoms with Crippen LogP contribution in [0.15, 0.2) is 24.3 Å². The zero-order valence-electron chi connectivity index (χ0n) is 11.7. The third kappa shape index (κ3) is 6.59. The summed E-state index contributed by atoms with van der Waals surface area (Å²) in [5.41, 5.74) is 1.75. The van der Waals surface area contributed by atoms with E-state index in [4.69, 9.17) is 5.14 Å². The lowest BCUT2D eigenvalue weighted by Gasteiger charge is -2.18. The second-order valence-corrected chi connectivity index (χ2v) is 6.54. The van der Waals surface area contributed by atoms with Crippen molar-refractivity contribution in [2.75, 3.05) is 5.32 Å². The molecule has 1 rings (SSSR count). The number of hydrogen-bond donors (Lipinski definition) is 2. The Labute approximate surface area is 116 Å². The van der Waals surface area contributed by atoms with Crippen molar-refractivity contribution in [1.29, 1.82) is 0 Å². The van der Waals surface area contributed by atoms with E-state index in [1.165, 1.54) is 0 Å². The zero-order valence-corrected chi connectivity index (χ0v) is 12.5. The Morgan fingerprint density at radius 1 is 1.11 bits per heavy atom. The fourth-order valence-electron chi connectivity index (χ4n) is 2.15. The molecule has 0 atom stereocenters. The summed E-state index contributed by atoms with van der Waals surface area (Å²) in [5, 5.41) is 8.51. The van der Waals surface area contributed by atoms with Crippen molar-refractivity contribution in [3.63, 3.8) is 0 Å². The summed E-state index contributed by atoms with van der Waals surface area (Å²) in [6.45, 7) is 4.36. The van der Waals surface area contributed by atoms with Gasteiger partial charge in [-0.3, -0.25) is 0 Å². The van der Waals surface area contributed by atoms with E-state index < -0.39 is 10.0 Å². The molecule has 4 nitrogen and oxygen atoms in total. The van der Waals surface area contributed by atoms with E-state index in [1.807, 2.05) is 24.3 Å². The van der Waals surface area contributed by atoms with Gasteiger partial charge in [-0.1, -0.05) is 38.8 Å². The SMILES string of the molecule is CCCC(CCC)Nc1ccc(CS(N)(=O)=O)cc1. The van der Waals surface area contributed by atoms with Crippen LogP contribution < -0.4 is 10.5 Å². The number of sulfonamides is 1. The molecule has 1 aromatic rings. The number of benzene rings is 1. The highest BCUT2D eigenvalue weighted by Crippen LogP contribution is 2.16. The molecular formula is C14H24N2O2S. The van der Waals surface area contributed by atoms with Gasteiger partial charge in [-0.05, 0) is 30.5 Å². The minimum atomic E-state index is -3.45. The third-order valence-corrected chi connectivity index (χ3v) is 3.70. The van der Waals surface area contributed by atoms with E-state index in [2.05, 4.69) is 19.2 Å². The van der Waals surface area contributed by atoms with Gasteiger partial charge in [0.1, 0.15) is 0 Å². The Bertz CT molecular complexity index is 463. The van der Waals surface area contributed by atoms with Crippen LogP contribution in [-0.4, -0.2) is 14.5 Å². The molecule has 0 bridgehead atoms. The average Bonchev–Trinajstić information content (AvgIpc) is 2.30. The van der Waals surface area contributed by atoms with Crippen molar-refractivity contribution >= 4 is 15.7 Å². The molecule has 0 fully saturated rings.